The van der Waals surface area contributed by atoms with Crippen LogP contribution in [0, 0.1) is 0 Å². The third-order valence-corrected chi connectivity index (χ3v) is 3.41. The predicted octanol–water partition coefficient (Wildman–Crippen LogP) is 3.26. The van der Waals surface area contributed by atoms with Gasteiger partial charge in [-0.1, -0.05) is 13.8 Å². The van der Waals surface area contributed by atoms with Gasteiger partial charge in [0.1, 0.15) is 11.6 Å². The molecule has 1 aromatic rings. The Morgan fingerprint density at radius 2 is 2.00 bits per heavy atom. The Balaban J connectivity index is 2.32. The first-order valence-electron chi connectivity index (χ1n) is 5.81. The van der Waals surface area contributed by atoms with Crippen molar-refractivity contribution in [2.45, 2.75) is 57.4 Å². The largest absolute Gasteiger partial charge is 0.311 e. The summed E-state index contributed by atoms with van der Waals surface area (Å²) >= 11 is 5.88. The maximum Gasteiger partial charge on any atom is 0.148 e. The van der Waals surface area contributed by atoms with Crippen LogP contribution in [0.1, 0.15) is 63.1 Å². The van der Waals surface area contributed by atoms with E-state index in [0.29, 0.717) is 17.8 Å². The van der Waals surface area contributed by atoms with E-state index in [1.165, 1.54) is 12.8 Å². The Morgan fingerprint density at radius 3 is 2.47 bits per heavy atom. The fourth-order valence-corrected chi connectivity index (χ4v) is 2.27. The van der Waals surface area contributed by atoms with E-state index in [1.807, 2.05) is 0 Å². The average molecular weight is 228 g/mol. The smallest absolute Gasteiger partial charge is 0.148 e. The number of nitrogens with zero attached hydrogens (tertiary/aromatic N) is 3. The van der Waals surface area contributed by atoms with Crippen molar-refractivity contribution in [2.24, 2.45) is 0 Å². The minimum atomic E-state index is 0.476. The molecule has 0 unspecified atom stereocenters. The van der Waals surface area contributed by atoms with Gasteiger partial charge >= 0.3 is 0 Å². The van der Waals surface area contributed by atoms with Crippen LogP contribution in [0.5, 0.6) is 0 Å². The van der Waals surface area contributed by atoms with E-state index in [9.17, 15) is 0 Å². The molecule has 15 heavy (non-hydrogen) atoms. The number of hydrogen-bond donors (Lipinski definition) is 0. The van der Waals surface area contributed by atoms with Gasteiger partial charge in [-0.15, -0.1) is 21.8 Å². The van der Waals surface area contributed by atoms with Crippen LogP contribution >= 0.6 is 11.6 Å². The molecule has 0 radical (unpaired) electrons. The molecule has 0 saturated heterocycles. The number of aromatic nitrogens is 3. The summed E-state index contributed by atoms with van der Waals surface area (Å²) in [6.45, 7) is 4.42. The van der Waals surface area contributed by atoms with Crippen LogP contribution in [0.15, 0.2) is 0 Å². The van der Waals surface area contributed by atoms with Crippen molar-refractivity contribution in [1.82, 2.24) is 14.8 Å². The molecular formula is C11H18ClN3. The molecule has 0 atom stereocenters. The van der Waals surface area contributed by atoms with E-state index in [-0.39, 0.29) is 0 Å². The zero-order valence-electron chi connectivity index (χ0n) is 9.41. The highest BCUT2D eigenvalue weighted by Crippen LogP contribution is 2.39. The normalized spacial score (nSPS) is 16.3. The minimum Gasteiger partial charge on any atom is -0.311 e. The molecule has 1 aliphatic rings. The minimum absolute atomic E-state index is 0.476. The molecule has 0 N–H and O–H groups in total. The van der Waals surface area contributed by atoms with E-state index in [2.05, 4.69) is 28.6 Å². The third kappa shape index (κ3) is 2.03. The summed E-state index contributed by atoms with van der Waals surface area (Å²) in [7, 11) is 0. The number of rotatable bonds is 5. The Bertz CT molecular complexity index is 327. The summed E-state index contributed by atoms with van der Waals surface area (Å²) in [6.07, 6.45) is 4.78. The second-order valence-corrected chi connectivity index (χ2v) is 4.49. The standard InChI is InChI=1S/C11H18ClN3/c1-3-8(4-2)11-14-13-10(7-12)15(11)9-5-6-9/h8-9H,3-7H2,1-2H3. The highest BCUT2D eigenvalue weighted by Gasteiger charge is 2.30. The lowest BCUT2D eigenvalue weighted by Crippen LogP contribution is -2.09. The van der Waals surface area contributed by atoms with E-state index < -0.39 is 0 Å². The summed E-state index contributed by atoms with van der Waals surface area (Å²) in [5, 5.41) is 8.51. The molecule has 4 heteroatoms. The highest BCUT2D eigenvalue weighted by molar-refractivity contribution is 6.16. The Morgan fingerprint density at radius 1 is 1.33 bits per heavy atom. The second-order valence-electron chi connectivity index (χ2n) is 4.22. The van der Waals surface area contributed by atoms with Crippen molar-refractivity contribution in [3.63, 3.8) is 0 Å². The van der Waals surface area contributed by atoms with Gasteiger partial charge < -0.3 is 4.57 Å². The first kappa shape index (κ1) is 10.9. The lowest BCUT2D eigenvalue weighted by molar-refractivity contribution is 0.546. The van der Waals surface area contributed by atoms with Gasteiger partial charge in [0.05, 0.1) is 5.88 Å². The van der Waals surface area contributed by atoms with Crippen molar-refractivity contribution >= 4 is 11.6 Å². The van der Waals surface area contributed by atoms with Crippen molar-refractivity contribution in [3.05, 3.63) is 11.6 Å². The SMILES string of the molecule is CCC(CC)c1nnc(CCl)n1C1CC1. The number of halogens is 1. The Kier molecular flexibility index (Phi) is 3.29. The number of alkyl halides is 1. The van der Waals surface area contributed by atoms with E-state index in [1.54, 1.807) is 0 Å². The summed E-state index contributed by atoms with van der Waals surface area (Å²) in [5.41, 5.74) is 0. The molecule has 3 nitrogen and oxygen atoms in total. The maximum absolute atomic E-state index is 5.88. The van der Waals surface area contributed by atoms with Gasteiger partial charge in [-0.2, -0.15) is 0 Å². The van der Waals surface area contributed by atoms with Crippen LogP contribution < -0.4 is 0 Å². The molecule has 1 saturated carbocycles. The van der Waals surface area contributed by atoms with Crippen molar-refractivity contribution in [2.75, 3.05) is 0 Å². The topological polar surface area (TPSA) is 30.7 Å². The molecule has 1 heterocycles. The zero-order valence-corrected chi connectivity index (χ0v) is 10.2. The molecule has 0 amide bonds. The van der Waals surface area contributed by atoms with Gasteiger partial charge in [0, 0.05) is 12.0 Å². The van der Waals surface area contributed by atoms with Crippen LogP contribution in [0.3, 0.4) is 0 Å². The van der Waals surface area contributed by atoms with Crippen molar-refractivity contribution < 1.29 is 0 Å². The number of hydrogen-bond acceptors (Lipinski definition) is 2. The van der Waals surface area contributed by atoms with Crippen LogP contribution in [-0.2, 0) is 5.88 Å². The summed E-state index contributed by atoms with van der Waals surface area (Å²) in [4.78, 5) is 0. The third-order valence-electron chi connectivity index (χ3n) is 3.18. The average Bonchev–Trinajstić information content (AvgIpc) is 3.01. The lowest BCUT2D eigenvalue weighted by atomic mass is 10.0. The molecule has 0 spiro atoms. The van der Waals surface area contributed by atoms with Gasteiger partial charge in [-0.3, -0.25) is 0 Å². The molecular weight excluding hydrogens is 210 g/mol. The van der Waals surface area contributed by atoms with E-state index in [4.69, 9.17) is 11.6 Å². The Labute approximate surface area is 95.8 Å². The predicted molar refractivity (Wildman–Crippen MR) is 61.2 cm³/mol. The molecule has 0 aliphatic heterocycles. The zero-order chi connectivity index (χ0) is 10.8. The van der Waals surface area contributed by atoms with E-state index in [0.717, 1.165) is 24.5 Å². The van der Waals surface area contributed by atoms with Gasteiger partial charge in [-0.25, -0.2) is 0 Å². The van der Waals surface area contributed by atoms with Crippen LogP contribution in [0.4, 0.5) is 0 Å². The van der Waals surface area contributed by atoms with Gasteiger partial charge in [0.2, 0.25) is 0 Å². The highest BCUT2D eigenvalue weighted by atomic mass is 35.5. The first-order valence-corrected chi connectivity index (χ1v) is 6.34. The molecule has 84 valence electrons. The Hall–Kier alpha value is -0.570. The molecule has 1 aliphatic carbocycles. The second kappa shape index (κ2) is 4.52. The molecule has 1 fully saturated rings. The maximum atomic E-state index is 5.88. The van der Waals surface area contributed by atoms with Crippen LogP contribution in [0.2, 0.25) is 0 Å². The van der Waals surface area contributed by atoms with Crippen molar-refractivity contribution in [1.29, 1.82) is 0 Å². The van der Waals surface area contributed by atoms with Crippen molar-refractivity contribution in [3.8, 4) is 0 Å². The van der Waals surface area contributed by atoms with Gasteiger partial charge in [0.25, 0.3) is 0 Å². The molecule has 1 aromatic heterocycles. The molecule has 0 bridgehead atoms. The van der Waals surface area contributed by atoms with Crippen LogP contribution in [-0.4, -0.2) is 14.8 Å². The molecule has 2 rings (SSSR count). The quantitative estimate of drug-likeness (QED) is 0.723. The summed E-state index contributed by atoms with van der Waals surface area (Å²) < 4.78 is 2.28. The van der Waals surface area contributed by atoms with Gasteiger partial charge in [-0.05, 0) is 25.7 Å². The molecule has 0 aromatic carbocycles. The lowest BCUT2D eigenvalue weighted by Gasteiger charge is -2.14. The van der Waals surface area contributed by atoms with Gasteiger partial charge in [0.15, 0.2) is 0 Å². The van der Waals surface area contributed by atoms with E-state index >= 15 is 0 Å². The fourth-order valence-electron chi connectivity index (χ4n) is 2.09. The van der Waals surface area contributed by atoms with Crippen LogP contribution in [0.25, 0.3) is 0 Å². The summed E-state index contributed by atoms with van der Waals surface area (Å²) in [6, 6.07) is 0.629. The fraction of sp³-hybridized carbons (Fsp3) is 0.818. The summed E-state index contributed by atoms with van der Waals surface area (Å²) in [5.74, 6) is 3.11. The first-order chi connectivity index (χ1) is 7.31. The monoisotopic (exact) mass is 227 g/mol.